The highest BCUT2D eigenvalue weighted by atomic mass is 19.1. The summed E-state index contributed by atoms with van der Waals surface area (Å²) < 4.78 is 14.5. The minimum atomic E-state index is -0.0685. The largest absolute Gasteiger partial charge is 0.366 e. The lowest BCUT2D eigenvalue weighted by molar-refractivity contribution is 0.427. The summed E-state index contributed by atoms with van der Waals surface area (Å²) in [6.45, 7) is 8.19. The molecule has 1 aliphatic heterocycles. The molecule has 1 aromatic rings. The van der Waals surface area contributed by atoms with E-state index in [0.717, 1.165) is 37.2 Å². The second kappa shape index (κ2) is 7.79. The fourth-order valence-corrected chi connectivity index (χ4v) is 3.27. The summed E-state index contributed by atoms with van der Waals surface area (Å²) in [5, 5.41) is 3.42. The SMILES string of the molecule is CCCC1CCCCN1c1c(F)cccc1CNC(C)C. The first-order chi connectivity index (χ1) is 10.1. The first kappa shape index (κ1) is 16.3. The summed E-state index contributed by atoms with van der Waals surface area (Å²) in [5.74, 6) is -0.0685. The van der Waals surface area contributed by atoms with Gasteiger partial charge in [-0.1, -0.05) is 39.3 Å². The van der Waals surface area contributed by atoms with Crippen molar-refractivity contribution in [1.82, 2.24) is 5.32 Å². The Morgan fingerprint density at radius 3 is 2.86 bits per heavy atom. The van der Waals surface area contributed by atoms with Gasteiger partial charge in [-0.2, -0.15) is 0 Å². The van der Waals surface area contributed by atoms with Gasteiger partial charge >= 0.3 is 0 Å². The molecule has 1 N–H and O–H groups in total. The van der Waals surface area contributed by atoms with Crippen molar-refractivity contribution in [1.29, 1.82) is 0 Å². The standard InChI is InChI=1S/C18H29FN2/c1-4-8-16-10-5-6-12-21(16)18-15(13-20-14(2)3)9-7-11-17(18)19/h7,9,11,14,16,20H,4-6,8,10,12-13H2,1-3H3. The molecular formula is C18H29FN2. The topological polar surface area (TPSA) is 15.3 Å². The summed E-state index contributed by atoms with van der Waals surface area (Å²) in [6.07, 6.45) is 5.96. The molecule has 0 aromatic heterocycles. The highest BCUT2D eigenvalue weighted by molar-refractivity contribution is 5.56. The third-order valence-corrected chi connectivity index (χ3v) is 4.31. The first-order valence-electron chi connectivity index (χ1n) is 8.41. The highest BCUT2D eigenvalue weighted by Gasteiger charge is 2.25. The molecule has 0 radical (unpaired) electrons. The van der Waals surface area contributed by atoms with E-state index in [2.05, 4.69) is 37.1 Å². The number of benzene rings is 1. The molecule has 2 rings (SSSR count). The Bertz CT molecular complexity index is 443. The fourth-order valence-electron chi connectivity index (χ4n) is 3.27. The molecule has 1 saturated heterocycles. The van der Waals surface area contributed by atoms with E-state index in [1.807, 2.05) is 6.07 Å². The van der Waals surface area contributed by atoms with Crippen LogP contribution in [0.4, 0.5) is 10.1 Å². The van der Waals surface area contributed by atoms with Gasteiger partial charge in [-0.05, 0) is 37.3 Å². The molecule has 0 amide bonds. The molecule has 1 atom stereocenters. The molecule has 1 heterocycles. The predicted octanol–water partition coefficient (Wildman–Crippen LogP) is 4.48. The van der Waals surface area contributed by atoms with Gasteiger partial charge in [0, 0.05) is 25.2 Å². The van der Waals surface area contributed by atoms with E-state index in [9.17, 15) is 4.39 Å². The molecule has 21 heavy (non-hydrogen) atoms. The average molecular weight is 292 g/mol. The molecule has 2 nitrogen and oxygen atoms in total. The van der Waals surface area contributed by atoms with E-state index in [0.29, 0.717) is 12.1 Å². The van der Waals surface area contributed by atoms with Gasteiger partial charge in [-0.15, -0.1) is 0 Å². The van der Waals surface area contributed by atoms with Crippen LogP contribution in [0.3, 0.4) is 0 Å². The lowest BCUT2D eigenvalue weighted by Crippen LogP contribution is -2.41. The zero-order valence-electron chi connectivity index (χ0n) is 13.7. The molecular weight excluding hydrogens is 263 g/mol. The summed E-state index contributed by atoms with van der Waals surface area (Å²) in [6, 6.07) is 6.40. The lowest BCUT2D eigenvalue weighted by atomic mass is 9.96. The first-order valence-corrected chi connectivity index (χ1v) is 8.41. The van der Waals surface area contributed by atoms with E-state index in [1.54, 1.807) is 6.07 Å². The van der Waals surface area contributed by atoms with Crippen molar-refractivity contribution in [3.8, 4) is 0 Å². The number of hydrogen-bond donors (Lipinski definition) is 1. The number of rotatable bonds is 6. The molecule has 0 aliphatic carbocycles. The van der Waals surface area contributed by atoms with Crippen molar-refractivity contribution in [3.05, 3.63) is 29.6 Å². The molecule has 0 saturated carbocycles. The lowest BCUT2D eigenvalue weighted by Gasteiger charge is -2.39. The van der Waals surface area contributed by atoms with Crippen LogP contribution in [-0.4, -0.2) is 18.6 Å². The number of hydrogen-bond acceptors (Lipinski definition) is 2. The number of nitrogens with one attached hydrogen (secondary N) is 1. The van der Waals surface area contributed by atoms with Crippen molar-refractivity contribution in [3.63, 3.8) is 0 Å². The number of piperidine rings is 1. The minimum Gasteiger partial charge on any atom is -0.366 e. The quantitative estimate of drug-likeness (QED) is 0.831. The normalized spacial score (nSPS) is 19.3. The van der Waals surface area contributed by atoms with Gasteiger partial charge in [0.1, 0.15) is 5.82 Å². The van der Waals surface area contributed by atoms with Crippen molar-refractivity contribution < 1.29 is 4.39 Å². The van der Waals surface area contributed by atoms with Gasteiger partial charge in [0.05, 0.1) is 5.69 Å². The van der Waals surface area contributed by atoms with Crippen LogP contribution in [0.25, 0.3) is 0 Å². The van der Waals surface area contributed by atoms with Crippen LogP contribution < -0.4 is 10.2 Å². The van der Waals surface area contributed by atoms with Crippen molar-refractivity contribution in [2.24, 2.45) is 0 Å². The molecule has 118 valence electrons. The van der Waals surface area contributed by atoms with Crippen LogP contribution in [0, 0.1) is 5.82 Å². The van der Waals surface area contributed by atoms with Crippen LogP contribution >= 0.6 is 0 Å². The molecule has 1 fully saturated rings. The minimum absolute atomic E-state index is 0.0685. The maximum Gasteiger partial charge on any atom is 0.146 e. The van der Waals surface area contributed by atoms with Crippen LogP contribution in [0.5, 0.6) is 0 Å². The third-order valence-electron chi connectivity index (χ3n) is 4.31. The summed E-state index contributed by atoms with van der Waals surface area (Å²) in [5.41, 5.74) is 1.93. The van der Waals surface area contributed by atoms with Crippen LogP contribution in [0.2, 0.25) is 0 Å². The Balaban J connectivity index is 2.26. The van der Waals surface area contributed by atoms with Gasteiger partial charge in [0.15, 0.2) is 0 Å². The van der Waals surface area contributed by atoms with Crippen LogP contribution in [-0.2, 0) is 6.54 Å². The predicted molar refractivity (Wildman–Crippen MR) is 88.3 cm³/mol. The second-order valence-electron chi connectivity index (χ2n) is 6.41. The molecule has 0 bridgehead atoms. The van der Waals surface area contributed by atoms with Gasteiger partial charge in [-0.3, -0.25) is 0 Å². The Labute approximate surface area is 128 Å². The second-order valence-corrected chi connectivity index (χ2v) is 6.41. The van der Waals surface area contributed by atoms with Gasteiger partial charge in [-0.25, -0.2) is 4.39 Å². The van der Waals surface area contributed by atoms with Crippen molar-refractivity contribution in [2.75, 3.05) is 11.4 Å². The Kier molecular flexibility index (Phi) is 6.04. The Morgan fingerprint density at radius 2 is 2.14 bits per heavy atom. The van der Waals surface area contributed by atoms with Crippen LogP contribution in [0.1, 0.15) is 58.4 Å². The molecule has 1 aromatic carbocycles. The van der Waals surface area contributed by atoms with E-state index in [4.69, 9.17) is 0 Å². The van der Waals surface area contributed by atoms with Crippen molar-refractivity contribution in [2.45, 2.75) is 71.5 Å². The van der Waals surface area contributed by atoms with E-state index < -0.39 is 0 Å². The maximum absolute atomic E-state index is 14.5. The molecule has 3 heteroatoms. The van der Waals surface area contributed by atoms with E-state index in [-0.39, 0.29) is 5.82 Å². The van der Waals surface area contributed by atoms with Crippen molar-refractivity contribution >= 4 is 5.69 Å². The van der Waals surface area contributed by atoms with Crippen LogP contribution in [0.15, 0.2) is 18.2 Å². The Morgan fingerprint density at radius 1 is 1.33 bits per heavy atom. The zero-order valence-corrected chi connectivity index (χ0v) is 13.7. The number of nitrogens with zero attached hydrogens (tertiary/aromatic N) is 1. The monoisotopic (exact) mass is 292 g/mol. The average Bonchev–Trinajstić information content (AvgIpc) is 2.46. The van der Waals surface area contributed by atoms with E-state index >= 15 is 0 Å². The fraction of sp³-hybridized carbons (Fsp3) is 0.667. The zero-order chi connectivity index (χ0) is 15.2. The Hall–Kier alpha value is -1.09. The molecule has 0 spiro atoms. The van der Waals surface area contributed by atoms with Gasteiger partial charge < -0.3 is 10.2 Å². The molecule has 1 unspecified atom stereocenters. The number of para-hydroxylation sites is 1. The smallest absolute Gasteiger partial charge is 0.146 e. The summed E-state index contributed by atoms with van der Waals surface area (Å²) in [7, 11) is 0. The summed E-state index contributed by atoms with van der Waals surface area (Å²) >= 11 is 0. The highest BCUT2D eigenvalue weighted by Crippen LogP contribution is 2.32. The van der Waals surface area contributed by atoms with E-state index in [1.165, 1.54) is 19.3 Å². The molecule has 1 aliphatic rings. The van der Waals surface area contributed by atoms with Gasteiger partial charge in [0.2, 0.25) is 0 Å². The number of anilines is 1. The third kappa shape index (κ3) is 4.19. The number of halogens is 1. The maximum atomic E-state index is 14.5. The summed E-state index contributed by atoms with van der Waals surface area (Å²) in [4.78, 5) is 2.33. The van der Waals surface area contributed by atoms with Gasteiger partial charge in [0.25, 0.3) is 0 Å².